The molecule has 0 N–H and O–H groups in total. The van der Waals surface area contributed by atoms with Crippen molar-refractivity contribution in [1.29, 1.82) is 0 Å². The Morgan fingerprint density at radius 3 is 1.03 bits per heavy atom. The van der Waals surface area contributed by atoms with Crippen LogP contribution in [0.5, 0.6) is 0 Å². The smallest absolute Gasteiger partial charge is 0.00241 e. The van der Waals surface area contributed by atoms with Crippen molar-refractivity contribution in [2.75, 3.05) is 0 Å². The van der Waals surface area contributed by atoms with E-state index in [0.29, 0.717) is 0 Å². The quantitative estimate of drug-likeness (QED) is 0.105. The average molecular weight is 1390 g/mol. The molecular formula is C109H84. The van der Waals surface area contributed by atoms with Crippen LogP contribution in [0.3, 0.4) is 0 Å². The number of benzene rings is 23. The molecule has 0 amide bonds. The van der Waals surface area contributed by atoms with Crippen LogP contribution in [-0.2, 0) is 0 Å². The Kier molecular flexibility index (Phi) is 18.9. The fourth-order valence-corrected chi connectivity index (χ4v) is 16.5. The largest absolute Gasteiger partial charge is 0.0616 e. The van der Waals surface area contributed by atoms with Gasteiger partial charge in [0.25, 0.3) is 0 Å². The van der Waals surface area contributed by atoms with Crippen LogP contribution in [0, 0.1) is 48.5 Å². The highest BCUT2D eigenvalue weighted by Crippen LogP contribution is 2.39. The molecule has 520 valence electrons. The number of hydrogen-bond acceptors (Lipinski definition) is 0. The highest BCUT2D eigenvalue weighted by molar-refractivity contribution is 6.25. The monoisotopic (exact) mass is 1390 g/mol. The second kappa shape index (κ2) is 29.9. The van der Waals surface area contributed by atoms with E-state index in [4.69, 9.17) is 0 Å². The Hall–Kier alpha value is -13.3. The third kappa shape index (κ3) is 13.9. The Balaban J connectivity index is 0.0000000930. The summed E-state index contributed by atoms with van der Waals surface area (Å²) in [7, 11) is 0. The molecule has 0 aliphatic rings. The van der Waals surface area contributed by atoms with Crippen molar-refractivity contribution in [2.45, 2.75) is 48.5 Å². The van der Waals surface area contributed by atoms with E-state index in [1.807, 2.05) is 0 Å². The molecule has 23 rings (SSSR count). The van der Waals surface area contributed by atoms with E-state index in [9.17, 15) is 0 Å². The van der Waals surface area contributed by atoms with Crippen molar-refractivity contribution in [1.82, 2.24) is 0 Å². The van der Waals surface area contributed by atoms with Gasteiger partial charge in [-0.1, -0.05) is 375 Å². The summed E-state index contributed by atoms with van der Waals surface area (Å²) in [5.41, 5.74) is 9.37. The van der Waals surface area contributed by atoms with Crippen molar-refractivity contribution < 1.29 is 0 Å². The first-order chi connectivity index (χ1) is 53.4. The first-order valence-electron chi connectivity index (χ1n) is 38.1. The lowest BCUT2D eigenvalue weighted by Crippen LogP contribution is -1.85. The van der Waals surface area contributed by atoms with Crippen molar-refractivity contribution in [3.05, 3.63) is 421 Å². The van der Waals surface area contributed by atoms with Gasteiger partial charge in [0.1, 0.15) is 0 Å². The molecule has 0 spiro atoms. The van der Waals surface area contributed by atoms with Gasteiger partial charge in [-0.25, -0.2) is 0 Å². The normalized spacial score (nSPS) is 11.3. The van der Waals surface area contributed by atoms with Crippen molar-refractivity contribution in [3.8, 4) is 0 Å². The number of rotatable bonds is 0. The summed E-state index contributed by atoms with van der Waals surface area (Å²) < 4.78 is 0. The summed E-state index contributed by atoms with van der Waals surface area (Å²) >= 11 is 0. The van der Waals surface area contributed by atoms with Gasteiger partial charge in [0.15, 0.2) is 0 Å². The van der Waals surface area contributed by atoms with Gasteiger partial charge in [-0.05, 0) is 267 Å². The average Bonchev–Trinajstić information content (AvgIpc) is 0.745. The molecule has 0 saturated carbocycles. The van der Waals surface area contributed by atoms with Gasteiger partial charge in [0.05, 0.1) is 0 Å². The summed E-state index contributed by atoms with van der Waals surface area (Å²) in [5.74, 6) is 0. The third-order valence-electron chi connectivity index (χ3n) is 22.1. The predicted molar refractivity (Wildman–Crippen MR) is 481 cm³/mol. The van der Waals surface area contributed by atoms with E-state index in [0.717, 1.165) is 0 Å². The predicted octanol–water partition coefficient (Wildman–Crippen LogP) is 31.3. The van der Waals surface area contributed by atoms with Crippen LogP contribution in [0.4, 0.5) is 0 Å². The van der Waals surface area contributed by atoms with Gasteiger partial charge < -0.3 is 0 Å². The van der Waals surface area contributed by atoms with Crippen LogP contribution in [0.15, 0.2) is 382 Å². The molecule has 0 heteroatoms. The molecule has 0 saturated heterocycles. The number of aryl methyl sites for hydroxylation is 7. The molecule has 23 aromatic carbocycles. The van der Waals surface area contributed by atoms with Crippen LogP contribution in [0.1, 0.15) is 38.9 Å². The summed E-state index contributed by atoms with van der Waals surface area (Å²) in [6.45, 7) is 15.1. The van der Waals surface area contributed by atoms with Gasteiger partial charge in [-0.15, -0.1) is 0 Å². The van der Waals surface area contributed by atoms with Gasteiger partial charge in [0, 0.05) is 0 Å². The van der Waals surface area contributed by atoms with Crippen LogP contribution in [-0.4, -0.2) is 0 Å². The minimum Gasteiger partial charge on any atom is -0.0616 e. The summed E-state index contributed by atoms with van der Waals surface area (Å²) in [5, 5.41) is 43.1. The highest BCUT2D eigenvalue weighted by atomic mass is 14.2. The molecular weight excluding hydrogens is 1310 g/mol. The summed E-state index contributed by atoms with van der Waals surface area (Å²) in [6, 6.07) is 137. The standard InChI is InChI=1S/2C17H12.5C15H12/c1-11-10-14-6-2-4-12-8-9-13-5-3-7-15(11)17(13)16(12)14;1-11-5-6-14-8-7-12-3-2-4-13-9-10-15(11)17(14)16(12)13;1-11-10-12-6-2-3-8-14(12)15-9-5-4-7-13(11)15;1-11-5-4-8-14-9-12-6-2-3-7-13(12)10-15(11)14;1-11-6-9-15-13(10-11)8-7-12-4-2-3-5-14(12)15;1-11-6-7-14-9-12-4-2-3-5-13(12)10-15(14)8-11;1-11-6-7-13-9-8-12-4-2-3-5-14(12)15(13)10-11/h2*2-10H,1H3;5*2-10H,1H3. The molecule has 0 aromatic heterocycles. The van der Waals surface area contributed by atoms with Gasteiger partial charge in [0.2, 0.25) is 0 Å². The second-order valence-electron chi connectivity index (χ2n) is 29.5. The van der Waals surface area contributed by atoms with Crippen molar-refractivity contribution in [2.24, 2.45) is 0 Å². The Labute approximate surface area is 637 Å². The van der Waals surface area contributed by atoms with Gasteiger partial charge >= 0.3 is 0 Å². The van der Waals surface area contributed by atoms with E-state index in [1.54, 1.807) is 0 Å². The molecule has 0 heterocycles. The number of hydrogen-bond donors (Lipinski definition) is 0. The molecule has 0 fully saturated rings. The Bertz CT molecular complexity index is 7190. The lowest BCUT2D eigenvalue weighted by Gasteiger charge is -2.12. The number of fused-ring (bicyclic) bond motifs is 13. The first-order valence-corrected chi connectivity index (χ1v) is 38.1. The maximum absolute atomic E-state index is 2.30. The highest BCUT2D eigenvalue weighted by Gasteiger charge is 2.12. The van der Waals surface area contributed by atoms with Crippen LogP contribution < -0.4 is 0 Å². The van der Waals surface area contributed by atoms with Crippen LogP contribution in [0.25, 0.3) is 172 Å². The van der Waals surface area contributed by atoms with E-state index in [2.05, 4.69) is 431 Å². The minimum absolute atomic E-state index is 1.31. The molecule has 0 aliphatic heterocycles. The van der Waals surface area contributed by atoms with E-state index < -0.39 is 0 Å². The second-order valence-corrected chi connectivity index (χ2v) is 29.5. The topological polar surface area (TPSA) is 0 Å². The lowest BCUT2D eigenvalue weighted by atomic mass is 9.92. The minimum atomic E-state index is 1.31. The SMILES string of the molecule is Cc1cc2cccc3ccc4cccc1c4c32.Cc1cc2ccccc2c2ccccc12.Cc1ccc2c(ccc3ccccc32)c1.Cc1ccc2cc3ccccc3cc2c1.Cc1ccc2ccc3cccc4ccc1c2c34.Cc1ccc2ccc3ccccc3c2c1.Cc1cccc2cc3ccccc3cc12. The molecule has 0 aliphatic carbocycles. The molecule has 0 nitrogen and oxygen atoms in total. The molecule has 0 bridgehead atoms. The summed E-state index contributed by atoms with van der Waals surface area (Å²) in [4.78, 5) is 0. The molecule has 0 unspecified atom stereocenters. The zero-order valence-corrected chi connectivity index (χ0v) is 62.9. The van der Waals surface area contributed by atoms with E-state index >= 15 is 0 Å². The first kappa shape index (κ1) is 68.8. The Morgan fingerprint density at radius 2 is 0.394 bits per heavy atom. The van der Waals surface area contributed by atoms with E-state index in [-0.39, 0.29) is 0 Å². The molecule has 0 radical (unpaired) electrons. The maximum Gasteiger partial charge on any atom is -0.00241 e. The van der Waals surface area contributed by atoms with Gasteiger partial charge in [-0.2, -0.15) is 0 Å². The van der Waals surface area contributed by atoms with E-state index in [1.165, 1.54) is 211 Å². The molecule has 0 atom stereocenters. The van der Waals surface area contributed by atoms with Crippen LogP contribution >= 0.6 is 0 Å². The van der Waals surface area contributed by atoms with Crippen molar-refractivity contribution in [3.63, 3.8) is 0 Å². The zero-order valence-electron chi connectivity index (χ0n) is 62.9. The third-order valence-corrected chi connectivity index (χ3v) is 22.1. The Morgan fingerprint density at radius 1 is 0.110 bits per heavy atom. The van der Waals surface area contributed by atoms with Crippen LogP contribution in [0.2, 0.25) is 0 Å². The maximum atomic E-state index is 2.30. The van der Waals surface area contributed by atoms with Gasteiger partial charge in [-0.3, -0.25) is 0 Å². The fraction of sp³-hybridized carbons (Fsp3) is 0.0642. The summed E-state index contributed by atoms with van der Waals surface area (Å²) in [6.07, 6.45) is 0. The van der Waals surface area contributed by atoms with Crippen molar-refractivity contribution >= 4 is 172 Å². The lowest BCUT2D eigenvalue weighted by molar-refractivity contribution is 1.51. The molecule has 109 heavy (non-hydrogen) atoms. The fourth-order valence-electron chi connectivity index (χ4n) is 16.5. The molecule has 23 aromatic rings. The zero-order chi connectivity index (χ0) is 74.1.